The Bertz CT molecular complexity index is 886. The highest BCUT2D eigenvalue weighted by Crippen LogP contribution is 2.22. The molecule has 1 aromatic heterocycles. The first-order chi connectivity index (χ1) is 13.3. The summed E-state index contributed by atoms with van der Waals surface area (Å²) < 4.78 is 0. The van der Waals surface area contributed by atoms with Crippen LogP contribution in [0.25, 0.3) is 11.3 Å². The van der Waals surface area contributed by atoms with E-state index in [1.165, 1.54) is 24.9 Å². The first-order valence-corrected chi connectivity index (χ1v) is 9.35. The average Bonchev–Trinajstić information content (AvgIpc) is 2.76. The van der Waals surface area contributed by atoms with Crippen LogP contribution in [0, 0.1) is 0 Å². The van der Waals surface area contributed by atoms with E-state index in [0.29, 0.717) is 5.69 Å². The van der Waals surface area contributed by atoms with Crippen LogP contribution in [-0.4, -0.2) is 29.2 Å². The van der Waals surface area contributed by atoms with Crippen LogP contribution in [-0.2, 0) is 0 Å². The number of rotatable bonds is 4. The van der Waals surface area contributed by atoms with Gasteiger partial charge in [0.25, 0.3) is 5.91 Å². The second-order valence-electron chi connectivity index (χ2n) is 6.72. The van der Waals surface area contributed by atoms with Gasteiger partial charge in [0.1, 0.15) is 0 Å². The molecule has 1 N–H and O–H groups in total. The molecule has 5 heteroatoms. The highest BCUT2D eigenvalue weighted by Gasteiger charge is 2.12. The van der Waals surface area contributed by atoms with Gasteiger partial charge in [-0.2, -0.15) is 0 Å². The lowest BCUT2D eigenvalue weighted by Gasteiger charge is -2.28. The second-order valence-corrected chi connectivity index (χ2v) is 6.72. The Balaban J connectivity index is 1.41. The van der Waals surface area contributed by atoms with Gasteiger partial charge in [-0.15, -0.1) is 10.2 Å². The lowest BCUT2D eigenvalue weighted by Crippen LogP contribution is -2.29. The molecule has 2 aromatic carbocycles. The monoisotopic (exact) mass is 358 g/mol. The van der Waals surface area contributed by atoms with E-state index in [4.69, 9.17) is 0 Å². The van der Waals surface area contributed by atoms with Crippen molar-refractivity contribution in [1.29, 1.82) is 0 Å². The number of benzene rings is 2. The van der Waals surface area contributed by atoms with Crippen LogP contribution < -0.4 is 10.2 Å². The summed E-state index contributed by atoms with van der Waals surface area (Å²) in [6.07, 6.45) is 3.81. The summed E-state index contributed by atoms with van der Waals surface area (Å²) in [6, 6.07) is 21.3. The smallest absolute Gasteiger partial charge is 0.276 e. The predicted octanol–water partition coefficient (Wildman–Crippen LogP) is 4.39. The van der Waals surface area contributed by atoms with E-state index in [9.17, 15) is 4.79 Å². The van der Waals surface area contributed by atoms with Crippen LogP contribution in [0.4, 0.5) is 11.4 Å². The van der Waals surface area contributed by atoms with Gasteiger partial charge in [-0.25, -0.2) is 0 Å². The number of nitrogens with one attached hydrogen (secondary N) is 1. The molecule has 0 bridgehead atoms. The molecular formula is C22H22N4O. The Morgan fingerprint density at radius 3 is 2.22 bits per heavy atom. The molecular weight excluding hydrogens is 336 g/mol. The molecule has 4 rings (SSSR count). The van der Waals surface area contributed by atoms with Crippen LogP contribution in [0.2, 0.25) is 0 Å². The van der Waals surface area contributed by atoms with Crippen LogP contribution in [0.5, 0.6) is 0 Å². The molecule has 0 spiro atoms. The molecule has 1 amide bonds. The molecule has 1 fully saturated rings. The first-order valence-electron chi connectivity index (χ1n) is 9.35. The summed E-state index contributed by atoms with van der Waals surface area (Å²) in [5.41, 5.74) is 3.99. The van der Waals surface area contributed by atoms with E-state index < -0.39 is 0 Å². The lowest BCUT2D eigenvalue weighted by molar-refractivity contribution is 0.102. The highest BCUT2D eigenvalue weighted by molar-refractivity contribution is 6.02. The van der Waals surface area contributed by atoms with Gasteiger partial charge >= 0.3 is 0 Å². The number of hydrogen-bond acceptors (Lipinski definition) is 4. The first kappa shape index (κ1) is 17.2. The number of carbonyl (C=O) groups excluding carboxylic acids is 1. The quantitative estimate of drug-likeness (QED) is 0.752. The Morgan fingerprint density at radius 1 is 0.815 bits per heavy atom. The van der Waals surface area contributed by atoms with Crippen molar-refractivity contribution in [3.63, 3.8) is 0 Å². The number of carbonyl (C=O) groups is 1. The minimum atomic E-state index is -0.257. The number of aromatic nitrogens is 2. The minimum Gasteiger partial charge on any atom is -0.372 e. The zero-order chi connectivity index (χ0) is 18.5. The number of amides is 1. The molecule has 0 radical (unpaired) electrons. The summed E-state index contributed by atoms with van der Waals surface area (Å²) in [5.74, 6) is -0.257. The minimum absolute atomic E-state index is 0.257. The fourth-order valence-corrected chi connectivity index (χ4v) is 3.32. The van der Waals surface area contributed by atoms with Crippen molar-refractivity contribution in [2.24, 2.45) is 0 Å². The normalized spacial score (nSPS) is 14.0. The molecule has 27 heavy (non-hydrogen) atoms. The van der Waals surface area contributed by atoms with Crippen LogP contribution >= 0.6 is 0 Å². The summed E-state index contributed by atoms with van der Waals surface area (Å²) in [7, 11) is 0. The average molecular weight is 358 g/mol. The maximum atomic E-state index is 12.4. The van der Waals surface area contributed by atoms with E-state index >= 15 is 0 Å². The summed E-state index contributed by atoms with van der Waals surface area (Å²) >= 11 is 0. The number of piperidine rings is 1. The molecule has 0 saturated carbocycles. The Kier molecular flexibility index (Phi) is 5.10. The highest BCUT2D eigenvalue weighted by atomic mass is 16.1. The van der Waals surface area contributed by atoms with Crippen LogP contribution in [0.15, 0.2) is 66.7 Å². The van der Waals surface area contributed by atoms with Crippen molar-refractivity contribution in [2.45, 2.75) is 19.3 Å². The number of hydrogen-bond donors (Lipinski definition) is 1. The lowest BCUT2D eigenvalue weighted by atomic mass is 10.1. The van der Waals surface area contributed by atoms with Crippen LogP contribution in [0.1, 0.15) is 29.8 Å². The van der Waals surface area contributed by atoms with Gasteiger partial charge in [0, 0.05) is 30.0 Å². The topological polar surface area (TPSA) is 58.1 Å². The van der Waals surface area contributed by atoms with Gasteiger partial charge in [-0.05, 0) is 55.7 Å². The number of anilines is 2. The van der Waals surface area contributed by atoms with E-state index in [1.54, 1.807) is 6.07 Å². The molecule has 3 aromatic rings. The fraction of sp³-hybridized carbons (Fsp3) is 0.227. The molecule has 1 saturated heterocycles. The second kappa shape index (κ2) is 7.99. The van der Waals surface area contributed by atoms with E-state index in [1.807, 2.05) is 48.5 Å². The molecule has 0 atom stereocenters. The molecule has 0 aliphatic carbocycles. The summed E-state index contributed by atoms with van der Waals surface area (Å²) in [4.78, 5) is 14.8. The third kappa shape index (κ3) is 4.14. The van der Waals surface area contributed by atoms with E-state index in [0.717, 1.165) is 30.0 Å². The molecule has 136 valence electrons. The van der Waals surface area contributed by atoms with Gasteiger partial charge in [0.2, 0.25) is 0 Å². The Labute approximate surface area is 159 Å². The predicted molar refractivity (Wildman–Crippen MR) is 108 cm³/mol. The largest absolute Gasteiger partial charge is 0.372 e. The summed E-state index contributed by atoms with van der Waals surface area (Å²) in [5, 5.41) is 11.1. The third-order valence-corrected chi connectivity index (χ3v) is 4.81. The van der Waals surface area contributed by atoms with Crippen molar-refractivity contribution in [1.82, 2.24) is 10.2 Å². The SMILES string of the molecule is O=C(Nc1ccc(N2CCCCC2)cc1)c1ccc(-c2ccccc2)nn1. The fourth-order valence-electron chi connectivity index (χ4n) is 3.32. The van der Waals surface area contributed by atoms with E-state index in [2.05, 4.69) is 32.5 Å². The van der Waals surface area contributed by atoms with Crippen molar-refractivity contribution < 1.29 is 4.79 Å². The number of nitrogens with zero attached hydrogens (tertiary/aromatic N) is 3. The van der Waals surface area contributed by atoms with Crippen molar-refractivity contribution in [3.05, 3.63) is 72.4 Å². The standard InChI is InChI=1S/C22H22N4O/c27-22(21-14-13-20(24-25-21)17-7-3-1-4-8-17)23-18-9-11-19(12-10-18)26-15-5-2-6-16-26/h1,3-4,7-14H,2,5-6,15-16H2,(H,23,27). The molecule has 2 heterocycles. The van der Waals surface area contributed by atoms with E-state index in [-0.39, 0.29) is 5.91 Å². The van der Waals surface area contributed by atoms with Crippen molar-refractivity contribution in [3.8, 4) is 11.3 Å². The Hall–Kier alpha value is -3.21. The Morgan fingerprint density at radius 2 is 1.56 bits per heavy atom. The van der Waals surface area contributed by atoms with Crippen molar-refractivity contribution >= 4 is 17.3 Å². The maximum absolute atomic E-state index is 12.4. The van der Waals surface area contributed by atoms with Crippen LogP contribution in [0.3, 0.4) is 0 Å². The van der Waals surface area contributed by atoms with Gasteiger partial charge in [0.15, 0.2) is 5.69 Å². The molecule has 0 unspecified atom stereocenters. The molecule has 1 aliphatic rings. The van der Waals surface area contributed by atoms with Crippen molar-refractivity contribution in [2.75, 3.05) is 23.3 Å². The zero-order valence-corrected chi connectivity index (χ0v) is 15.1. The maximum Gasteiger partial charge on any atom is 0.276 e. The van der Waals surface area contributed by atoms with Gasteiger partial charge in [0.05, 0.1) is 5.69 Å². The zero-order valence-electron chi connectivity index (χ0n) is 15.1. The van der Waals surface area contributed by atoms with Gasteiger partial charge in [-0.3, -0.25) is 4.79 Å². The third-order valence-electron chi connectivity index (χ3n) is 4.81. The van der Waals surface area contributed by atoms with Gasteiger partial charge < -0.3 is 10.2 Å². The van der Waals surface area contributed by atoms with Gasteiger partial charge in [-0.1, -0.05) is 30.3 Å². The molecule has 1 aliphatic heterocycles. The molecule has 5 nitrogen and oxygen atoms in total. The summed E-state index contributed by atoms with van der Waals surface area (Å²) in [6.45, 7) is 2.21.